The van der Waals surface area contributed by atoms with Gasteiger partial charge in [-0.05, 0) is 35.7 Å². The molecule has 0 bridgehead atoms. The molecule has 0 spiro atoms. The van der Waals surface area contributed by atoms with Gasteiger partial charge in [-0.25, -0.2) is 0 Å². The first-order valence-corrected chi connectivity index (χ1v) is 16.7. The SMILES string of the molecule is COc1ccc(S(=O)(=O)O/N=C(/c2ccccc2)C(F)(F)F)cc1.O=S(=O)(O/N=C(/c1ccccc1)C(F)(F)F)c1cccc2ccccc12. The van der Waals surface area contributed by atoms with Crippen LogP contribution in [0.4, 0.5) is 26.3 Å². The highest BCUT2D eigenvalue weighted by Crippen LogP contribution is 2.28. The average molecular weight is 739 g/mol. The monoisotopic (exact) mass is 738 g/mol. The summed E-state index contributed by atoms with van der Waals surface area (Å²) in [4.78, 5) is -0.601. The normalized spacial score (nSPS) is 12.9. The maximum atomic E-state index is 13.2. The molecule has 0 N–H and O–H groups in total. The number of hydrogen-bond donors (Lipinski definition) is 0. The van der Waals surface area contributed by atoms with Crippen LogP contribution >= 0.6 is 0 Å². The van der Waals surface area contributed by atoms with Crippen LogP contribution in [0.15, 0.2) is 147 Å². The first-order valence-electron chi connectivity index (χ1n) is 13.9. The molecule has 9 nitrogen and oxygen atoms in total. The Labute approximate surface area is 282 Å². The van der Waals surface area contributed by atoms with Crippen LogP contribution in [0.5, 0.6) is 5.75 Å². The molecule has 0 aromatic heterocycles. The standard InChI is InChI=1S/C18H12F3NO3S.C15H12F3NO4S/c19-18(20,21)17(14-8-2-1-3-9-14)22-25-26(23,24)16-12-6-10-13-7-4-5-11-15(13)16;1-22-12-7-9-13(10-8-12)24(20,21)23-19-14(15(16,17)18)11-5-3-2-4-6-11/h1-12H;2-10H,1H3/b22-17-;19-14-. The minimum Gasteiger partial charge on any atom is -0.497 e. The molecule has 0 aliphatic carbocycles. The summed E-state index contributed by atoms with van der Waals surface area (Å²) in [6.45, 7) is 0. The van der Waals surface area contributed by atoms with Gasteiger partial charge in [-0.3, -0.25) is 8.57 Å². The topological polar surface area (TPSA) is 121 Å². The van der Waals surface area contributed by atoms with E-state index in [2.05, 4.69) is 18.9 Å². The van der Waals surface area contributed by atoms with E-state index in [1.54, 1.807) is 24.3 Å². The predicted molar refractivity (Wildman–Crippen MR) is 172 cm³/mol. The molecule has 0 saturated heterocycles. The van der Waals surface area contributed by atoms with Crippen molar-refractivity contribution in [1.29, 1.82) is 0 Å². The number of alkyl halides is 6. The molecular formula is C33H24F6N2O7S2. The first kappa shape index (κ1) is 37.4. The van der Waals surface area contributed by atoms with Gasteiger partial charge in [0, 0.05) is 16.5 Å². The van der Waals surface area contributed by atoms with E-state index >= 15 is 0 Å². The van der Waals surface area contributed by atoms with Gasteiger partial charge in [0.05, 0.1) is 7.11 Å². The number of nitrogens with zero attached hydrogens (tertiary/aromatic N) is 2. The Hall–Kier alpha value is -5.42. The molecule has 0 fully saturated rings. The van der Waals surface area contributed by atoms with Crippen molar-refractivity contribution in [3.05, 3.63) is 139 Å². The van der Waals surface area contributed by atoms with E-state index in [-0.39, 0.29) is 20.9 Å². The summed E-state index contributed by atoms with van der Waals surface area (Å²) in [5.74, 6) is 0.387. The van der Waals surface area contributed by atoms with Crippen molar-refractivity contribution in [2.45, 2.75) is 22.1 Å². The molecule has 0 unspecified atom stereocenters. The number of rotatable bonds is 9. The molecule has 50 heavy (non-hydrogen) atoms. The van der Waals surface area contributed by atoms with Crippen molar-refractivity contribution in [2.24, 2.45) is 10.3 Å². The Morgan fingerprint density at radius 2 is 0.980 bits per heavy atom. The fraction of sp³-hybridized carbons (Fsp3) is 0.0909. The lowest BCUT2D eigenvalue weighted by atomic mass is 10.1. The first-order chi connectivity index (χ1) is 23.5. The molecular weight excluding hydrogens is 714 g/mol. The molecule has 0 radical (unpaired) electrons. The number of fused-ring (bicyclic) bond motifs is 1. The Morgan fingerprint density at radius 3 is 1.46 bits per heavy atom. The van der Waals surface area contributed by atoms with Crippen LogP contribution in [0.1, 0.15) is 11.1 Å². The molecule has 5 aromatic carbocycles. The molecule has 0 atom stereocenters. The third-order valence-electron chi connectivity index (χ3n) is 6.45. The van der Waals surface area contributed by atoms with E-state index in [9.17, 15) is 43.2 Å². The van der Waals surface area contributed by atoms with Gasteiger partial charge in [-0.15, -0.1) is 0 Å². The summed E-state index contributed by atoms with van der Waals surface area (Å²) in [7, 11) is -7.64. The summed E-state index contributed by atoms with van der Waals surface area (Å²) < 4.78 is 141. The second kappa shape index (κ2) is 15.4. The average Bonchev–Trinajstić information content (AvgIpc) is 3.08. The lowest BCUT2D eigenvalue weighted by Crippen LogP contribution is -2.25. The molecule has 17 heteroatoms. The van der Waals surface area contributed by atoms with Gasteiger partial charge in [-0.2, -0.15) is 43.2 Å². The third-order valence-corrected chi connectivity index (χ3v) is 8.74. The van der Waals surface area contributed by atoms with Crippen molar-refractivity contribution in [3.63, 3.8) is 0 Å². The highest BCUT2D eigenvalue weighted by atomic mass is 32.2. The highest BCUT2D eigenvalue weighted by Gasteiger charge is 2.39. The number of ether oxygens (including phenoxy) is 1. The van der Waals surface area contributed by atoms with E-state index in [0.717, 1.165) is 24.3 Å². The Balaban J connectivity index is 0.000000226. The summed E-state index contributed by atoms with van der Waals surface area (Å²) in [5, 5.41) is 6.70. The quantitative estimate of drug-likeness (QED) is 0.0857. The lowest BCUT2D eigenvalue weighted by molar-refractivity contribution is -0.0606. The van der Waals surface area contributed by atoms with E-state index < -0.39 is 44.0 Å². The molecule has 0 amide bonds. The van der Waals surface area contributed by atoms with Crippen LogP contribution < -0.4 is 4.74 Å². The van der Waals surface area contributed by atoms with E-state index in [1.807, 2.05) is 0 Å². The smallest absolute Gasteiger partial charge is 0.437 e. The molecule has 5 aromatic rings. The number of methoxy groups -OCH3 is 1. The number of oxime groups is 2. The zero-order valence-electron chi connectivity index (χ0n) is 25.5. The summed E-state index contributed by atoms with van der Waals surface area (Å²) in [6, 6.07) is 29.1. The van der Waals surface area contributed by atoms with Crippen molar-refractivity contribution in [3.8, 4) is 5.75 Å². The van der Waals surface area contributed by atoms with Crippen molar-refractivity contribution in [1.82, 2.24) is 0 Å². The van der Waals surface area contributed by atoms with Crippen molar-refractivity contribution in [2.75, 3.05) is 7.11 Å². The van der Waals surface area contributed by atoms with E-state index in [0.29, 0.717) is 16.5 Å². The van der Waals surface area contributed by atoms with Gasteiger partial charge in [0.25, 0.3) is 0 Å². The Kier molecular flexibility index (Phi) is 11.5. The molecule has 5 rings (SSSR count). The van der Waals surface area contributed by atoms with Crippen LogP contribution in [0, 0.1) is 0 Å². The van der Waals surface area contributed by atoms with Crippen LogP contribution in [-0.2, 0) is 28.8 Å². The van der Waals surface area contributed by atoms with Crippen LogP contribution in [0.2, 0.25) is 0 Å². The van der Waals surface area contributed by atoms with Crippen LogP contribution in [-0.4, -0.2) is 47.7 Å². The molecule has 0 aliphatic heterocycles. The maximum absolute atomic E-state index is 13.2. The van der Waals surface area contributed by atoms with Gasteiger partial charge >= 0.3 is 32.6 Å². The Bertz CT molecular complexity index is 2190. The Morgan fingerprint density at radius 1 is 0.540 bits per heavy atom. The molecule has 0 saturated carbocycles. The van der Waals surface area contributed by atoms with Crippen LogP contribution in [0.3, 0.4) is 0 Å². The molecule has 262 valence electrons. The summed E-state index contributed by atoms with van der Waals surface area (Å²) in [6.07, 6.45) is -9.76. The minimum atomic E-state index is -4.88. The minimum absolute atomic E-state index is 0.256. The summed E-state index contributed by atoms with van der Waals surface area (Å²) in [5.41, 5.74) is -3.48. The molecule has 0 heterocycles. The zero-order valence-corrected chi connectivity index (χ0v) is 27.1. The highest BCUT2D eigenvalue weighted by molar-refractivity contribution is 7.87. The number of hydrogen-bond acceptors (Lipinski definition) is 9. The second-order valence-corrected chi connectivity index (χ2v) is 12.8. The predicted octanol–water partition coefficient (Wildman–Crippen LogP) is 7.88. The molecule has 0 aliphatic rings. The van der Waals surface area contributed by atoms with Crippen molar-refractivity contribution >= 4 is 42.4 Å². The van der Waals surface area contributed by atoms with Crippen molar-refractivity contribution < 1.29 is 56.5 Å². The van der Waals surface area contributed by atoms with E-state index in [4.69, 9.17) is 4.74 Å². The van der Waals surface area contributed by atoms with Gasteiger partial charge < -0.3 is 4.74 Å². The number of halogens is 6. The van der Waals surface area contributed by atoms with Gasteiger partial charge in [0.1, 0.15) is 15.5 Å². The summed E-state index contributed by atoms with van der Waals surface area (Å²) >= 11 is 0. The lowest BCUT2D eigenvalue weighted by Gasteiger charge is -2.11. The van der Waals surface area contributed by atoms with Gasteiger partial charge in [0.15, 0.2) is 11.4 Å². The zero-order chi connectivity index (χ0) is 36.6. The largest absolute Gasteiger partial charge is 0.497 e. The van der Waals surface area contributed by atoms with Gasteiger partial charge in [0.2, 0.25) is 0 Å². The maximum Gasteiger partial charge on any atom is 0.437 e. The van der Waals surface area contributed by atoms with E-state index in [1.165, 1.54) is 86.0 Å². The fourth-order valence-electron chi connectivity index (χ4n) is 4.14. The second-order valence-electron chi connectivity index (χ2n) is 9.82. The van der Waals surface area contributed by atoms with Gasteiger partial charge in [-0.1, -0.05) is 107 Å². The fourth-order valence-corrected chi connectivity index (χ4v) is 5.82. The number of benzene rings is 5. The van der Waals surface area contributed by atoms with Crippen LogP contribution in [0.25, 0.3) is 10.8 Å². The third kappa shape index (κ3) is 9.60.